The van der Waals surface area contributed by atoms with Gasteiger partial charge >= 0.3 is 0 Å². The fraction of sp³-hybridized carbons (Fsp3) is 0.0400. The van der Waals surface area contributed by atoms with Crippen molar-refractivity contribution in [1.82, 2.24) is 0 Å². The molecule has 0 N–H and O–H groups in total. The zero-order chi connectivity index (χ0) is 17.8. The van der Waals surface area contributed by atoms with Gasteiger partial charge in [0.1, 0.15) is 0 Å². The van der Waals surface area contributed by atoms with Crippen LogP contribution in [-0.4, -0.2) is 7.05 Å². The summed E-state index contributed by atoms with van der Waals surface area (Å²) in [6.45, 7) is 0. The Morgan fingerprint density at radius 2 is 0.962 bits per heavy atom. The first kappa shape index (κ1) is 16.2. The molecule has 0 heterocycles. The van der Waals surface area contributed by atoms with Crippen LogP contribution in [0.5, 0.6) is 0 Å². The van der Waals surface area contributed by atoms with Crippen LogP contribution in [0.1, 0.15) is 0 Å². The summed E-state index contributed by atoms with van der Waals surface area (Å²) in [5.74, 6) is 0. The fourth-order valence-corrected chi connectivity index (χ4v) is 3.27. The van der Waals surface area contributed by atoms with Crippen LogP contribution in [0.15, 0.2) is 109 Å². The minimum absolute atomic E-state index is 1.18. The second-order valence-corrected chi connectivity index (χ2v) is 6.36. The monoisotopic (exact) mass is 335 g/mol. The Hall–Kier alpha value is -3.32. The van der Waals surface area contributed by atoms with Crippen LogP contribution in [-0.2, 0) is 0 Å². The van der Waals surface area contributed by atoms with Crippen LogP contribution in [0.4, 0.5) is 11.4 Å². The highest BCUT2D eigenvalue weighted by Gasteiger charge is 2.10. The Kier molecular flexibility index (Phi) is 4.53. The summed E-state index contributed by atoms with van der Waals surface area (Å²) >= 11 is 0. The van der Waals surface area contributed by atoms with E-state index in [1.165, 1.54) is 33.6 Å². The molecule has 0 aliphatic heterocycles. The smallest absolute Gasteiger partial charge is 0.0487 e. The van der Waals surface area contributed by atoms with Gasteiger partial charge in [-0.3, -0.25) is 0 Å². The van der Waals surface area contributed by atoms with Crippen molar-refractivity contribution >= 4 is 11.4 Å². The molecule has 4 aromatic carbocycles. The second kappa shape index (κ2) is 7.28. The van der Waals surface area contributed by atoms with Crippen molar-refractivity contribution in [1.29, 1.82) is 0 Å². The number of para-hydroxylation sites is 2. The van der Waals surface area contributed by atoms with E-state index in [0.29, 0.717) is 0 Å². The van der Waals surface area contributed by atoms with Crippen LogP contribution in [0, 0.1) is 0 Å². The number of nitrogens with zero attached hydrogens (tertiary/aromatic N) is 1. The second-order valence-electron chi connectivity index (χ2n) is 6.36. The van der Waals surface area contributed by atoms with Gasteiger partial charge in [-0.25, -0.2) is 0 Å². The van der Waals surface area contributed by atoms with Crippen molar-refractivity contribution in [3.63, 3.8) is 0 Å². The lowest BCUT2D eigenvalue weighted by Gasteiger charge is -2.23. The summed E-state index contributed by atoms with van der Waals surface area (Å²) < 4.78 is 0. The summed E-state index contributed by atoms with van der Waals surface area (Å²) in [4.78, 5) is 2.24. The van der Waals surface area contributed by atoms with E-state index in [1.54, 1.807) is 0 Å². The highest BCUT2D eigenvalue weighted by atomic mass is 15.1. The third-order valence-electron chi connectivity index (χ3n) is 4.71. The Morgan fingerprint density at radius 1 is 0.462 bits per heavy atom. The highest BCUT2D eigenvalue weighted by molar-refractivity contribution is 5.83. The van der Waals surface area contributed by atoms with Crippen molar-refractivity contribution in [2.24, 2.45) is 0 Å². The van der Waals surface area contributed by atoms with E-state index in [-0.39, 0.29) is 0 Å². The SMILES string of the molecule is CN(c1ccccc1)c1ccccc1-c1ccc(-c2ccccc2)cc1. The number of rotatable bonds is 4. The minimum Gasteiger partial charge on any atom is -0.344 e. The van der Waals surface area contributed by atoms with Crippen LogP contribution in [0.2, 0.25) is 0 Å². The molecular weight excluding hydrogens is 314 g/mol. The molecule has 0 spiro atoms. The van der Waals surface area contributed by atoms with Gasteiger partial charge in [0.15, 0.2) is 0 Å². The van der Waals surface area contributed by atoms with Crippen molar-refractivity contribution in [2.45, 2.75) is 0 Å². The maximum absolute atomic E-state index is 2.24. The molecule has 0 amide bonds. The van der Waals surface area contributed by atoms with Crippen molar-refractivity contribution in [3.8, 4) is 22.3 Å². The van der Waals surface area contributed by atoms with Crippen LogP contribution < -0.4 is 4.90 Å². The summed E-state index contributed by atoms with van der Waals surface area (Å²) in [5, 5.41) is 0. The normalized spacial score (nSPS) is 10.5. The molecule has 1 nitrogen and oxygen atoms in total. The van der Waals surface area contributed by atoms with Gasteiger partial charge < -0.3 is 4.90 Å². The number of anilines is 2. The minimum atomic E-state index is 1.18. The fourth-order valence-electron chi connectivity index (χ4n) is 3.27. The Morgan fingerprint density at radius 3 is 1.65 bits per heavy atom. The maximum Gasteiger partial charge on any atom is 0.0487 e. The van der Waals surface area contributed by atoms with Gasteiger partial charge in [0.2, 0.25) is 0 Å². The van der Waals surface area contributed by atoms with Gasteiger partial charge in [0.05, 0.1) is 0 Å². The molecule has 1 heteroatoms. The van der Waals surface area contributed by atoms with Crippen LogP contribution >= 0.6 is 0 Å². The molecule has 0 bridgehead atoms. The van der Waals surface area contributed by atoms with E-state index < -0.39 is 0 Å². The Balaban J connectivity index is 1.71. The number of benzene rings is 4. The number of hydrogen-bond donors (Lipinski definition) is 0. The zero-order valence-corrected chi connectivity index (χ0v) is 14.8. The van der Waals surface area contributed by atoms with E-state index >= 15 is 0 Å². The van der Waals surface area contributed by atoms with Gasteiger partial charge in [-0.1, -0.05) is 91.0 Å². The molecule has 126 valence electrons. The quantitative estimate of drug-likeness (QED) is 0.397. The molecule has 0 aromatic heterocycles. The first-order chi connectivity index (χ1) is 12.8. The third-order valence-corrected chi connectivity index (χ3v) is 4.71. The molecule has 0 aliphatic carbocycles. The van der Waals surface area contributed by atoms with E-state index in [9.17, 15) is 0 Å². The van der Waals surface area contributed by atoms with Crippen molar-refractivity contribution < 1.29 is 0 Å². The van der Waals surface area contributed by atoms with E-state index in [1.807, 2.05) is 12.1 Å². The molecule has 26 heavy (non-hydrogen) atoms. The van der Waals surface area contributed by atoms with Gasteiger partial charge in [-0.15, -0.1) is 0 Å². The average Bonchev–Trinajstić information content (AvgIpc) is 2.75. The molecule has 4 rings (SSSR count). The standard InChI is InChI=1S/C25H21N/c1-26(23-12-6-3-7-13-23)25-15-9-8-14-24(25)22-18-16-21(17-19-22)20-10-4-2-5-11-20/h2-19H,1H3. The average molecular weight is 335 g/mol. The summed E-state index contributed by atoms with van der Waals surface area (Å²) in [6, 6.07) is 38.3. The molecule has 0 saturated heterocycles. The van der Waals surface area contributed by atoms with E-state index in [4.69, 9.17) is 0 Å². The molecular formula is C25H21N. The lowest BCUT2D eigenvalue weighted by Crippen LogP contribution is -2.10. The topological polar surface area (TPSA) is 3.24 Å². The summed E-state index contributed by atoms with van der Waals surface area (Å²) in [7, 11) is 2.12. The summed E-state index contributed by atoms with van der Waals surface area (Å²) in [6.07, 6.45) is 0. The Bertz CT molecular complexity index is 973. The number of hydrogen-bond acceptors (Lipinski definition) is 1. The lowest BCUT2D eigenvalue weighted by molar-refractivity contribution is 1.21. The zero-order valence-electron chi connectivity index (χ0n) is 14.8. The van der Waals surface area contributed by atoms with Crippen molar-refractivity contribution in [3.05, 3.63) is 109 Å². The summed E-state index contributed by atoms with van der Waals surface area (Å²) in [5.41, 5.74) is 7.32. The van der Waals surface area contributed by atoms with E-state index in [2.05, 4.69) is 109 Å². The van der Waals surface area contributed by atoms with Crippen LogP contribution in [0.25, 0.3) is 22.3 Å². The first-order valence-electron chi connectivity index (χ1n) is 8.86. The van der Waals surface area contributed by atoms with E-state index in [0.717, 1.165) is 0 Å². The first-order valence-corrected chi connectivity index (χ1v) is 8.86. The Labute approximate surface area is 155 Å². The van der Waals surface area contributed by atoms with Gasteiger partial charge in [-0.05, 0) is 34.9 Å². The van der Waals surface area contributed by atoms with Gasteiger partial charge in [0.25, 0.3) is 0 Å². The molecule has 0 atom stereocenters. The molecule has 4 aromatic rings. The predicted molar refractivity (Wildman–Crippen MR) is 112 cm³/mol. The molecule has 0 aliphatic rings. The lowest BCUT2D eigenvalue weighted by atomic mass is 9.99. The maximum atomic E-state index is 2.24. The molecule has 0 saturated carbocycles. The largest absolute Gasteiger partial charge is 0.344 e. The molecule has 0 unspecified atom stereocenters. The third kappa shape index (κ3) is 3.25. The van der Waals surface area contributed by atoms with Gasteiger partial charge in [-0.2, -0.15) is 0 Å². The van der Waals surface area contributed by atoms with Crippen LogP contribution in [0.3, 0.4) is 0 Å². The predicted octanol–water partition coefficient (Wildman–Crippen LogP) is 6.79. The van der Waals surface area contributed by atoms with Gasteiger partial charge in [0, 0.05) is 24.0 Å². The van der Waals surface area contributed by atoms with Crippen molar-refractivity contribution in [2.75, 3.05) is 11.9 Å². The molecule has 0 radical (unpaired) electrons. The molecule has 0 fully saturated rings. The highest BCUT2D eigenvalue weighted by Crippen LogP contribution is 2.34.